The molecule has 0 bridgehead atoms. The van der Waals surface area contributed by atoms with Crippen LogP contribution in [0, 0.1) is 0 Å². The van der Waals surface area contributed by atoms with Crippen molar-refractivity contribution >= 4 is 23.5 Å². The van der Waals surface area contributed by atoms with Crippen molar-refractivity contribution in [2.24, 2.45) is 5.10 Å². The molecule has 0 aliphatic rings. The Bertz CT molecular complexity index is 492. The van der Waals surface area contributed by atoms with E-state index in [-0.39, 0.29) is 0 Å². The van der Waals surface area contributed by atoms with Gasteiger partial charge in [-0.25, -0.2) is 0 Å². The number of hydrazone groups is 1. The van der Waals surface area contributed by atoms with E-state index < -0.39 is 0 Å². The van der Waals surface area contributed by atoms with Gasteiger partial charge >= 0.3 is 0 Å². The van der Waals surface area contributed by atoms with Gasteiger partial charge in [0.2, 0.25) is 0 Å². The van der Waals surface area contributed by atoms with Crippen LogP contribution in [0.4, 0.5) is 0 Å². The summed E-state index contributed by atoms with van der Waals surface area (Å²) in [5.74, 6) is 1.82. The van der Waals surface area contributed by atoms with Gasteiger partial charge in [0.15, 0.2) is 16.6 Å². The topological polar surface area (TPSA) is 64.1 Å². The van der Waals surface area contributed by atoms with E-state index in [2.05, 4.69) is 15.8 Å². The predicted octanol–water partition coefficient (Wildman–Crippen LogP) is 1.53. The molecule has 110 valence electrons. The van der Waals surface area contributed by atoms with Crippen LogP contribution in [0.5, 0.6) is 17.2 Å². The van der Waals surface area contributed by atoms with Crippen molar-refractivity contribution in [3.05, 3.63) is 17.7 Å². The minimum absolute atomic E-state index is 0.461. The van der Waals surface area contributed by atoms with Crippen molar-refractivity contribution in [1.82, 2.24) is 10.7 Å². The molecule has 0 amide bonds. The van der Waals surface area contributed by atoms with Gasteiger partial charge in [-0.15, -0.1) is 0 Å². The van der Waals surface area contributed by atoms with E-state index in [0.717, 1.165) is 12.1 Å². The maximum atomic E-state index is 5.29. The molecule has 0 aliphatic carbocycles. The summed E-state index contributed by atoms with van der Waals surface area (Å²) in [6, 6.07) is 3.52. The van der Waals surface area contributed by atoms with Crippen LogP contribution in [0.1, 0.15) is 12.5 Å². The summed E-state index contributed by atoms with van der Waals surface area (Å²) < 4.78 is 15.7. The molecule has 0 unspecified atom stereocenters. The van der Waals surface area contributed by atoms with Crippen LogP contribution < -0.4 is 25.0 Å². The number of benzene rings is 1. The quantitative estimate of drug-likeness (QED) is 0.472. The third kappa shape index (κ3) is 4.27. The number of nitrogens with one attached hydrogen (secondary N) is 2. The van der Waals surface area contributed by atoms with Gasteiger partial charge in [-0.3, -0.25) is 5.43 Å². The van der Waals surface area contributed by atoms with Gasteiger partial charge in [0.1, 0.15) is 5.75 Å². The van der Waals surface area contributed by atoms with Crippen LogP contribution in [0.25, 0.3) is 0 Å². The number of hydrogen-bond acceptors (Lipinski definition) is 5. The smallest absolute Gasteiger partial charge is 0.186 e. The van der Waals surface area contributed by atoms with Gasteiger partial charge in [-0.2, -0.15) is 5.10 Å². The Kier molecular flexibility index (Phi) is 6.58. The highest BCUT2D eigenvalue weighted by Crippen LogP contribution is 2.33. The van der Waals surface area contributed by atoms with E-state index in [1.807, 2.05) is 6.92 Å². The van der Waals surface area contributed by atoms with Crippen molar-refractivity contribution in [3.8, 4) is 17.2 Å². The van der Waals surface area contributed by atoms with Crippen LogP contribution >= 0.6 is 12.2 Å². The average molecular weight is 297 g/mol. The highest BCUT2D eigenvalue weighted by molar-refractivity contribution is 7.80. The van der Waals surface area contributed by atoms with Crippen molar-refractivity contribution < 1.29 is 14.2 Å². The maximum Gasteiger partial charge on any atom is 0.186 e. The molecule has 6 nitrogen and oxygen atoms in total. The zero-order valence-electron chi connectivity index (χ0n) is 12.0. The Hall–Kier alpha value is -2.02. The Morgan fingerprint density at radius 2 is 1.75 bits per heavy atom. The van der Waals surface area contributed by atoms with Crippen LogP contribution in [0.15, 0.2) is 17.2 Å². The predicted molar refractivity (Wildman–Crippen MR) is 83.1 cm³/mol. The lowest BCUT2D eigenvalue weighted by Gasteiger charge is -2.11. The molecule has 0 saturated heterocycles. The monoisotopic (exact) mass is 297 g/mol. The zero-order chi connectivity index (χ0) is 15.0. The second-order valence-corrected chi connectivity index (χ2v) is 4.09. The number of nitrogens with zero attached hydrogens (tertiary/aromatic N) is 1. The lowest BCUT2D eigenvalue weighted by atomic mass is 10.2. The van der Waals surface area contributed by atoms with E-state index in [0.29, 0.717) is 22.4 Å². The minimum Gasteiger partial charge on any atom is -0.496 e. The first kappa shape index (κ1) is 16.0. The number of methoxy groups -OCH3 is 3. The number of hydrogen-bond donors (Lipinski definition) is 2. The fourth-order valence-corrected chi connectivity index (χ4v) is 1.71. The summed E-state index contributed by atoms with van der Waals surface area (Å²) in [5, 5.41) is 7.44. The lowest BCUT2D eigenvalue weighted by molar-refractivity contribution is 0.349. The molecule has 1 aromatic rings. The largest absolute Gasteiger partial charge is 0.496 e. The van der Waals surface area contributed by atoms with Gasteiger partial charge in [0.25, 0.3) is 0 Å². The molecular weight excluding hydrogens is 278 g/mol. The van der Waals surface area contributed by atoms with Crippen molar-refractivity contribution in [1.29, 1.82) is 0 Å². The molecule has 2 N–H and O–H groups in total. The van der Waals surface area contributed by atoms with E-state index in [1.165, 1.54) is 0 Å². The lowest BCUT2D eigenvalue weighted by Crippen LogP contribution is -2.31. The second-order valence-electron chi connectivity index (χ2n) is 3.68. The molecule has 0 aromatic heterocycles. The molecule has 0 fully saturated rings. The molecule has 0 heterocycles. The molecule has 1 aromatic carbocycles. The van der Waals surface area contributed by atoms with Crippen LogP contribution in [0.2, 0.25) is 0 Å². The molecule has 0 saturated carbocycles. The van der Waals surface area contributed by atoms with Crippen LogP contribution in [-0.4, -0.2) is 39.2 Å². The first-order valence-electron chi connectivity index (χ1n) is 6.03. The Morgan fingerprint density at radius 1 is 1.15 bits per heavy atom. The zero-order valence-corrected chi connectivity index (χ0v) is 12.8. The fourth-order valence-electron chi connectivity index (χ4n) is 1.51. The number of thiocarbonyl (C=S) groups is 1. The normalized spacial score (nSPS) is 10.2. The summed E-state index contributed by atoms with van der Waals surface area (Å²) in [4.78, 5) is 0. The Morgan fingerprint density at radius 3 is 2.30 bits per heavy atom. The second kappa shape index (κ2) is 8.21. The Balaban J connectivity index is 2.93. The molecular formula is C13H19N3O3S. The molecule has 0 radical (unpaired) electrons. The molecule has 1 rings (SSSR count). The van der Waals surface area contributed by atoms with Gasteiger partial charge in [-0.05, 0) is 25.2 Å². The first-order chi connectivity index (χ1) is 9.65. The molecule has 0 atom stereocenters. The third-order valence-corrected chi connectivity index (χ3v) is 2.68. The molecule has 0 aliphatic heterocycles. The van der Waals surface area contributed by atoms with E-state index in [4.69, 9.17) is 26.4 Å². The van der Waals surface area contributed by atoms with E-state index >= 15 is 0 Å². The molecule has 20 heavy (non-hydrogen) atoms. The summed E-state index contributed by atoms with van der Waals surface area (Å²) in [7, 11) is 4.72. The minimum atomic E-state index is 0.461. The Labute approximate surface area is 124 Å². The van der Waals surface area contributed by atoms with Crippen molar-refractivity contribution in [2.45, 2.75) is 6.92 Å². The van der Waals surface area contributed by atoms with Gasteiger partial charge in [-0.1, -0.05) is 0 Å². The SMILES string of the molecule is CCNC(=S)N/N=C\c1cc(OC)c(OC)cc1OC. The fraction of sp³-hybridized carbons (Fsp3) is 0.385. The third-order valence-electron chi connectivity index (χ3n) is 2.44. The van der Waals surface area contributed by atoms with E-state index in [9.17, 15) is 0 Å². The van der Waals surface area contributed by atoms with Crippen LogP contribution in [0.3, 0.4) is 0 Å². The highest BCUT2D eigenvalue weighted by atomic mass is 32.1. The van der Waals surface area contributed by atoms with Gasteiger partial charge in [0.05, 0.1) is 27.5 Å². The summed E-state index contributed by atoms with van der Waals surface area (Å²) >= 11 is 5.01. The standard InChI is InChI=1S/C13H19N3O3S/c1-5-14-13(20)16-15-8-9-6-11(18-3)12(19-4)7-10(9)17-2/h6-8H,5H2,1-4H3,(H2,14,16,20)/b15-8-. The average Bonchev–Trinajstić information content (AvgIpc) is 2.46. The van der Waals surface area contributed by atoms with Crippen molar-refractivity contribution in [3.63, 3.8) is 0 Å². The number of rotatable bonds is 6. The van der Waals surface area contributed by atoms with Crippen LogP contribution in [-0.2, 0) is 0 Å². The summed E-state index contributed by atoms with van der Waals surface area (Å²) in [6.45, 7) is 2.69. The highest BCUT2D eigenvalue weighted by Gasteiger charge is 2.10. The van der Waals surface area contributed by atoms with E-state index in [1.54, 1.807) is 39.7 Å². The van der Waals surface area contributed by atoms with Gasteiger partial charge < -0.3 is 19.5 Å². The summed E-state index contributed by atoms with van der Waals surface area (Å²) in [6.07, 6.45) is 1.60. The summed E-state index contributed by atoms with van der Waals surface area (Å²) in [5.41, 5.74) is 3.46. The molecule has 0 spiro atoms. The maximum absolute atomic E-state index is 5.29. The van der Waals surface area contributed by atoms with Gasteiger partial charge in [0, 0.05) is 18.2 Å². The molecule has 7 heteroatoms. The number of ether oxygens (including phenoxy) is 3. The first-order valence-corrected chi connectivity index (χ1v) is 6.44. The van der Waals surface area contributed by atoms with Crippen molar-refractivity contribution in [2.75, 3.05) is 27.9 Å².